The van der Waals surface area contributed by atoms with Gasteiger partial charge in [-0.2, -0.15) is 0 Å². The molecule has 0 unspecified atom stereocenters. The lowest BCUT2D eigenvalue weighted by Gasteiger charge is -2.13. The minimum Gasteiger partial charge on any atom is -0.478 e. The quantitative estimate of drug-likeness (QED) is 0.487. The second kappa shape index (κ2) is 8.57. The van der Waals surface area contributed by atoms with E-state index in [2.05, 4.69) is 21.2 Å². The van der Waals surface area contributed by atoms with Gasteiger partial charge in [-0.3, -0.25) is 4.79 Å². The van der Waals surface area contributed by atoms with Crippen molar-refractivity contribution in [3.05, 3.63) is 87.9 Å². The molecule has 3 aromatic carbocycles. The molecule has 8 heteroatoms. The topological polar surface area (TPSA) is 113 Å². The average molecular weight is 456 g/mol. The fourth-order valence-electron chi connectivity index (χ4n) is 2.56. The van der Waals surface area contributed by atoms with E-state index in [0.29, 0.717) is 11.3 Å². The van der Waals surface area contributed by atoms with Crippen molar-refractivity contribution in [3.63, 3.8) is 0 Å². The van der Waals surface area contributed by atoms with Crippen LogP contribution in [-0.4, -0.2) is 28.1 Å². The third-order valence-electron chi connectivity index (χ3n) is 3.90. The first-order chi connectivity index (χ1) is 13.8. The van der Waals surface area contributed by atoms with E-state index >= 15 is 0 Å². The Kier molecular flexibility index (Phi) is 5.94. The first kappa shape index (κ1) is 20.1. The Morgan fingerprint density at radius 1 is 0.828 bits per heavy atom. The lowest BCUT2D eigenvalue weighted by molar-refractivity contribution is 0.0651. The summed E-state index contributed by atoms with van der Waals surface area (Å²) in [5, 5.41) is 21.1. The van der Waals surface area contributed by atoms with E-state index in [9.17, 15) is 19.5 Å². The lowest BCUT2D eigenvalue weighted by atomic mass is 10.1. The Balaban J connectivity index is 1.88. The number of hydrogen-bond acceptors (Lipinski definition) is 4. The van der Waals surface area contributed by atoms with Crippen LogP contribution in [0.25, 0.3) is 0 Å². The maximum absolute atomic E-state index is 12.5. The summed E-state index contributed by atoms with van der Waals surface area (Å²) in [5.74, 6) is -2.69. The molecular weight excluding hydrogens is 442 g/mol. The number of benzene rings is 3. The number of carbonyl (C=O) groups is 3. The molecule has 3 rings (SSSR count). The van der Waals surface area contributed by atoms with E-state index in [1.807, 2.05) is 0 Å². The molecule has 0 aliphatic heterocycles. The van der Waals surface area contributed by atoms with Gasteiger partial charge in [-0.15, -0.1) is 0 Å². The summed E-state index contributed by atoms with van der Waals surface area (Å²) in [4.78, 5) is 35.0. The van der Waals surface area contributed by atoms with Gasteiger partial charge in [-0.1, -0.05) is 34.1 Å². The van der Waals surface area contributed by atoms with Crippen molar-refractivity contribution in [2.24, 2.45) is 0 Å². The van der Waals surface area contributed by atoms with E-state index in [4.69, 9.17) is 9.84 Å². The number of anilines is 1. The normalized spacial score (nSPS) is 10.2. The maximum Gasteiger partial charge on any atom is 0.336 e. The van der Waals surface area contributed by atoms with Crippen LogP contribution in [0.2, 0.25) is 0 Å². The van der Waals surface area contributed by atoms with Crippen molar-refractivity contribution < 1.29 is 29.3 Å². The van der Waals surface area contributed by atoms with Gasteiger partial charge in [0.15, 0.2) is 5.75 Å². The van der Waals surface area contributed by atoms with E-state index in [0.717, 1.165) is 16.6 Å². The van der Waals surface area contributed by atoms with Crippen LogP contribution in [0.15, 0.2) is 71.2 Å². The molecule has 0 atom stereocenters. The number of nitrogens with one attached hydrogen (secondary N) is 1. The third kappa shape index (κ3) is 4.80. The van der Waals surface area contributed by atoms with Crippen LogP contribution < -0.4 is 10.1 Å². The second-order valence-electron chi connectivity index (χ2n) is 5.88. The Bertz CT molecular complexity index is 1110. The molecule has 0 bridgehead atoms. The van der Waals surface area contributed by atoms with Gasteiger partial charge in [0.2, 0.25) is 0 Å². The fraction of sp³-hybridized carbons (Fsp3) is 0. The van der Waals surface area contributed by atoms with Crippen molar-refractivity contribution in [3.8, 4) is 11.5 Å². The van der Waals surface area contributed by atoms with E-state index in [1.54, 1.807) is 48.5 Å². The lowest BCUT2D eigenvalue weighted by Crippen LogP contribution is -2.12. The zero-order valence-corrected chi connectivity index (χ0v) is 16.3. The highest BCUT2D eigenvalue weighted by molar-refractivity contribution is 9.10. The van der Waals surface area contributed by atoms with Crippen molar-refractivity contribution >= 4 is 39.5 Å². The molecule has 0 aromatic heterocycles. The Hall–Kier alpha value is -3.65. The van der Waals surface area contributed by atoms with Gasteiger partial charge in [0.05, 0.1) is 16.8 Å². The predicted molar refractivity (Wildman–Crippen MR) is 109 cm³/mol. The van der Waals surface area contributed by atoms with Crippen LogP contribution in [-0.2, 0) is 0 Å². The van der Waals surface area contributed by atoms with Crippen molar-refractivity contribution in [2.75, 3.05) is 5.32 Å². The van der Waals surface area contributed by atoms with Crippen LogP contribution in [0.1, 0.15) is 31.1 Å². The fourth-order valence-corrected chi connectivity index (χ4v) is 2.96. The minimum absolute atomic E-state index is 0.122. The first-order valence-corrected chi connectivity index (χ1v) is 9.09. The highest BCUT2D eigenvalue weighted by Gasteiger charge is 2.18. The van der Waals surface area contributed by atoms with Crippen molar-refractivity contribution in [1.29, 1.82) is 0 Å². The number of carbonyl (C=O) groups excluding carboxylic acids is 1. The molecule has 3 N–H and O–H groups in total. The molecule has 0 fully saturated rings. The van der Waals surface area contributed by atoms with Gasteiger partial charge < -0.3 is 20.3 Å². The summed E-state index contributed by atoms with van der Waals surface area (Å²) in [6.07, 6.45) is 0. The standard InChI is InChI=1S/C21H14BrNO6/c22-13-5-3-4-12(10-13)19(24)23-17-6-1-2-7-18(17)29-14-8-9-15(20(25)26)16(11-14)21(27)28/h1-11H,(H,23,24)(H,25,26)(H,27,28). The summed E-state index contributed by atoms with van der Waals surface area (Å²) in [6.45, 7) is 0. The van der Waals surface area contributed by atoms with Gasteiger partial charge >= 0.3 is 11.9 Å². The Morgan fingerprint density at radius 3 is 2.24 bits per heavy atom. The molecule has 0 saturated carbocycles. The van der Waals surface area contributed by atoms with Crippen LogP contribution in [0.5, 0.6) is 11.5 Å². The number of aromatic carboxylic acids is 2. The molecule has 7 nitrogen and oxygen atoms in total. The van der Waals surface area contributed by atoms with Crippen LogP contribution in [0, 0.1) is 0 Å². The third-order valence-corrected chi connectivity index (χ3v) is 4.39. The molecule has 0 saturated heterocycles. The zero-order chi connectivity index (χ0) is 21.0. The Labute approximate surface area is 173 Å². The summed E-state index contributed by atoms with van der Waals surface area (Å²) in [6, 6.07) is 17.1. The number of carboxylic acid groups (broad SMARTS) is 2. The largest absolute Gasteiger partial charge is 0.478 e. The molecule has 0 aliphatic rings. The summed E-state index contributed by atoms with van der Waals surface area (Å²) in [7, 11) is 0. The number of para-hydroxylation sites is 2. The first-order valence-electron chi connectivity index (χ1n) is 8.29. The maximum atomic E-state index is 12.5. The molecule has 0 radical (unpaired) electrons. The second-order valence-corrected chi connectivity index (χ2v) is 6.80. The van der Waals surface area contributed by atoms with Crippen molar-refractivity contribution in [2.45, 2.75) is 0 Å². The molecular formula is C21H14BrNO6. The molecule has 0 heterocycles. The number of carboxylic acids is 2. The van der Waals surface area contributed by atoms with Gasteiger partial charge in [-0.05, 0) is 48.5 Å². The van der Waals surface area contributed by atoms with Crippen molar-refractivity contribution in [1.82, 2.24) is 0 Å². The van der Waals surface area contributed by atoms with E-state index in [-0.39, 0.29) is 23.0 Å². The molecule has 29 heavy (non-hydrogen) atoms. The number of rotatable bonds is 6. The van der Waals surface area contributed by atoms with E-state index < -0.39 is 17.5 Å². The van der Waals surface area contributed by atoms with Crippen LogP contribution in [0.3, 0.4) is 0 Å². The molecule has 0 spiro atoms. The molecule has 3 aromatic rings. The number of halogens is 1. The van der Waals surface area contributed by atoms with E-state index in [1.165, 1.54) is 6.07 Å². The number of ether oxygens (including phenoxy) is 1. The van der Waals surface area contributed by atoms with Gasteiger partial charge in [0.25, 0.3) is 5.91 Å². The number of hydrogen-bond donors (Lipinski definition) is 3. The monoisotopic (exact) mass is 455 g/mol. The summed E-state index contributed by atoms with van der Waals surface area (Å²) >= 11 is 3.31. The van der Waals surface area contributed by atoms with Gasteiger partial charge in [-0.25, -0.2) is 9.59 Å². The summed E-state index contributed by atoms with van der Waals surface area (Å²) in [5.41, 5.74) is 0.0663. The smallest absolute Gasteiger partial charge is 0.336 e. The highest BCUT2D eigenvalue weighted by atomic mass is 79.9. The van der Waals surface area contributed by atoms with Gasteiger partial charge in [0.1, 0.15) is 5.75 Å². The SMILES string of the molecule is O=C(Nc1ccccc1Oc1ccc(C(=O)O)c(C(=O)O)c1)c1cccc(Br)c1. The number of amides is 1. The zero-order valence-electron chi connectivity index (χ0n) is 14.8. The molecule has 1 amide bonds. The van der Waals surface area contributed by atoms with Crippen LogP contribution >= 0.6 is 15.9 Å². The predicted octanol–water partition coefficient (Wildman–Crippen LogP) is 4.89. The average Bonchev–Trinajstić information content (AvgIpc) is 2.69. The van der Waals surface area contributed by atoms with Gasteiger partial charge in [0, 0.05) is 10.0 Å². The van der Waals surface area contributed by atoms with Crippen LogP contribution in [0.4, 0.5) is 5.69 Å². The highest BCUT2D eigenvalue weighted by Crippen LogP contribution is 2.31. The Morgan fingerprint density at radius 2 is 1.55 bits per heavy atom. The molecule has 0 aliphatic carbocycles. The molecule has 146 valence electrons. The summed E-state index contributed by atoms with van der Waals surface area (Å²) < 4.78 is 6.47. The minimum atomic E-state index is -1.39.